The number of likely N-dealkylation sites (tertiary alicyclic amines) is 1. The van der Waals surface area contributed by atoms with E-state index < -0.39 is 5.60 Å². The van der Waals surface area contributed by atoms with Crippen LogP contribution >= 0.6 is 0 Å². The van der Waals surface area contributed by atoms with E-state index >= 15 is 0 Å². The minimum Gasteiger partial charge on any atom is -0.493 e. The maximum atomic E-state index is 12.4. The summed E-state index contributed by atoms with van der Waals surface area (Å²) in [6, 6.07) is 6.11. The molecule has 3 fully saturated rings. The van der Waals surface area contributed by atoms with Crippen molar-refractivity contribution < 1.29 is 19.4 Å². The molecule has 0 bridgehead atoms. The van der Waals surface area contributed by atoms with Crippen molar-refractivity contribution in [2.24, 2.45) is 11.8 Å². The molecule has 1 aromatic rings. The molecule has 4 rings (SSSR count). The van der Waals surface area contributed by atoms with Crippen molar-refractivity contribution in [3.05, 3.63) is 23.8 Å². The van der Waals surface area contributed by atoms with Crippen LogP contribution in [0.1, 0.15) is 44.1 Å². The van der Waals surface area contributed by atoms with Crippen LogP contribution in [0.2, 0.25) is 0 Å². The summed E-state index contributed by atoms with van der Waals surface area (Å²) < 4.78 is 11.4. The van der Waals surface area contributed by atoms with E-state index in [1.54, 1.807) is 7.11 Å². The Bertz CT molecular complexity index is 666. The Kier molecular flexibility index (Phi) is 4.14. The molecule has 0 aromatic heterocycles. The zero-order valence-electron chi connectivity index (χ0n) is 15.0. The van der Waals surface area contributed by atoms with E-state index in [0.29, 0.717) is 37.8 Å². The van der Waals surface area contributed by atoms with Crippen molar-refractivity contribution in [3.63, 3.8) is 0 Å². The third-order valence-corrected chi connectivity index (χ3v) is 5.81. The molecule has 2 saturated carbocycles. The van der Waals surface area contributed by atoms with Crippen LogP contribution in [0.25, 0.3) is 0 Å². The number of carbonyl (C=O) groups is 1. The van der Waals surface area contributed by atoms with Gasteiger partial charge < -0.3 is 19.5 Å². The summed E-state index contributed by atoms with van der Waals surface area (Å²) in [6.07, 6.45) is 3.70. The van der Waals surface area contributed by atoms with Gasteiger partial charge in [-0.3, -0.25) is 4.79 Å². The number of ether oxygens (including phenoxy) is 2. The van der Waals surface area contributed by atoms with E-state index in [-0.39, 0.29) is 11.8 Å². The fourth-order valence-corrected chi connectivity index (χ4v) is 3.72. The third kappa shape index (κ3) is 3.34. The Morgan fingerprint density at radius 2 is 2.04 bits per heavy atom. The van der Waals surface area contributed by atoms with Crippen LogP contribution in [0, 0.1) is 11.8 Å². The highest BCUT2D eigenvalue weighted by molar-refractivity contribution is 5.88. The lowest BCUT2D eigenvalue weighted by Gasteiger charge is -2.20. The van der Waals surface area contributed by atoms with Gasteiger partial charge in [0.2, 0.25) is 0 Å². The molecule has 1 heterocycles. The number of aliphatic hydroxyl groups is 1. The highest BCUT2D eigenvalue weighted by Crippen LogP contribution is 2.42. The van der Waals surface area contributed by atoms with Gasteiger partial charge in [0.15, 0.2) is 11.5 Å². The Morgan fingerprint density at radius 1 is 1.28 bits per heavy atom. The SMILES string of the molecule is COc1ccc([C@H]2CN(C(=O)C3(O)CC3)C[C@H]2C)cc1OCC1CC1. The summed E-state index contributed by atoms with van der Waals surface area (Å²) >= 11 is 0. The van der Waals surface area contributed by atoms with Crippen LogP contribution in [0.15, 0.2) is 18.2 Å². The predicted molar refractivity (Wildman–Crippen MR) is 93.9 cm³/mol. The van der Waals surface area contributed by atoms with Gasteiger partial charge in [0, 0.05) is 19.0 Å². The van der Waals surface area contributed by atoms with Gasteiger partial charge in [0.25, 0.3) is 5.91 Å². The lowest BCUT2D eigenvalue weighted by molar-refractivity contribution is -0.141. The number of hydrogen-bond donors (Lipinski definition) is 1. The quantitative estimate of drug-likeness (QED) is 0.861. The summed E-state index contributed by atoms with van der Waals surface area (Å²) in [7, 11) is 1.66. The number of nitrogens with zero attached hydrogens (tertiary/aromatic N) is 1. The lowest BCUT2D eigenvalue weighted by Crippen LogP contribution is -2.39. The van der Waals surface area contributed by atoms with E-state index in [1.165, 1.54) is 18.4 Å². The minimum absolute atomic E-state index is 0.0967. The molecule has 1 amide bonds. The van der Waals surface area contributed by atoms with Crippen molar-refractivity contribution in [2.45, 2.75) is 44.1 Å². The number of benzene rings is 1. The van der Waals surface area contributed by atoms with Crippen molar-refractivity contribution >= 4 is 5.91 Å². The number of amides is 1. The van der Waals surface area contributed by atoms with Gasteiger partial charge in [-0.2, -0.15) is 0 Å². The topological polar surface area (TPSA) is 59.0 Å². The Labute approximate surface area is 148 Å². The van der Waals surface area contributed by atoms with Crippen LogP contribution < -0.4 is 9.47 Å². The van der Waals surface area contributed by atoms with Gasteiger partial charge in [-0.05, 0) is 55.2 Å². The fourth-order valence-electron chi connectivity index (χ4n) is 3.72. The molecule has 5 heteroatoms. The van der Waals surface area contributed by atoms with E-state index in [2.05, 4.69) is 19.1 Å². The first-order chi connectivity index (χ1) is 12.0. The zero-order valence-corrected chi connectivity index (χ0v) is 15.0. The van der Waals surface area contributed by atoms with Crippen LogP contribution in [0.5, 0.6) is 11.5 Å². The normalized spacial score (nSPS) is 27.2. The van der Waals surface area contributed by atoms with Crippen LogP contribution in [-0.4, -0.2) is 48.3 Å². The van der Waals surface area contributed by atoms with Crippen LogP contribution in [0.3, 0.4) is 0 Å². The molecule has 1 aromatic carbocycles. The van der Waals surface area contributed by atoms with Crippen molar-refractivity contribution in [1.82, 2.24) is 4.90 Å². The highest BCUT2D eigenvalue weighted by atomic mass is 16.5. The summed E-state index contributed by atoms with van der Waals surface area (Å²) in [5.74, 6) is 2.77. The largest absolute Gasteiger partial charge is 0.493 e. The molecule has 1 N–H and O–H groups in total. The van der Waals surface area contributed by atoms with Crippen LogP contribution in [0.4, 0.5) is 0 Å². The van der Waals surface area contributed by atoms with E-state index in [0.717, 1.165) is 18.1 Å². The molecule has 0 radical (unpaired) electrons. The molecule has 5 nitrogen and oxygen atoms in total. The van der Waals surface area contributed by atoms with E-state index in [9.17, 15) is 9.90 Å². The van der Waals surface area contributed by atoms with E-state index in [1.807, 2.05) is 11.0 Å². The lowest BCUT2D eigenvalue weighted by atomic mass is 9.90. The first-order valence-corrected chi connectivity index (χ1v) is 9.32. The minimum atomic E-state index is -1.08. The predicted octanol–water partition coefficient (Wildman–Crippen LogP) is 2.57. The average molecular weight is 345 g/mol. The molecular formula is C20H27NO4. The van der Waals surface area contributed by atoms with Gasteiger partial charge >= 0.3 is 0 Å². The standard InChI is InChI=1S/C20H27NO4/c1-13-10-21(19(22)20(23)7-8-20)11-16(13)15-5-6-17(24-2)18(9-15)25-12-14-3-4-14/h5-6,9,13-14,16,23H,3-4,7-8,10-12H2,1-2H3/t13-,16+/m1/s1. The number of carbonyl (C=O) groups excluding carboxylic acids is 1. The van der Waals surface area contributed by atoms with Crippen molar-refractivity contribution in [1.29, 1.82) is 0 Å². The average Bonchev–Trinajstić information content (AvgIpc) is 3.53. The molecular weight excluding hydrogens is 318 g/mol. The maximum absolute atomic E-state index is 12.4. The Morgan fingerprint density at radius 3 is 2.68 bits per heavy atom. The molecule has 25 heavy (non-hydrogen) atoms. The molecule has 2 atom stereocenters. The number of hydrogen-bond acceptors (Lipinski definition) is 4. The smallest absolute Gasteiger partial charge is 0.254 e. The molecule has 3 aliphatic rings. The van der Waals surface area contributed by atoms with Crippen molar-refractivity contribution in [3.8, 4) is 11.5 Å². The third-order valence-electron chi connectivity index (χ3n) is 5.81. The first-order valence-electron chi connectivity index (χ1n) is 9.32. The van der Waals surface area contributed by atoms with Gasteiger partial charge in [-0.25, -0.2) is 0 Å². The molecule has 1 aliphatic heterocycles. The number of rotatable bonds is 6. The molecule has 0 unspecified atom stereocenters. The summed E-state index contributed by atoms with van der Waals surface area (Å²) in [6.45, 7) is 4.29. The molecule has 2 aliphatic carbocycles. The highest BCUT2D eigenvalue weighted by Gasteiger charge is 2.51. The molecule has 136 valence electrons. The first kappa shape index (κ1) is 16.7. The van der Waals surface area contributed by atoms with Crippen molar-refractivity contribution in [2.75, 3.05) is 26.8 Å². The second-order valence-corrected chi connectivity index (χ2v) is 7.99. The monoisotopic (exact) mass is 345 g/mol. The maximum Gasteiger partial charge on any atom is 0.254 e. The zero-order chi connectivity index (χ0) is 17.6. The number of methoxy groups -OCH3 is 1. The fraction of sp³-hybridized carbons (Fsp3) is 0.650. The van der Waals surface area contributed by atoms with E-state index in [4.69, 9.17) is 9.47 Å². The second kappa shape index (κ2) is 6.20. The Balaban J connectivity index is 1.50. The van der Waals surface area contributed by atoms with Gasteiger partial charge in [-0.1, -0.05) is 13.0 Å². The summed E-state index contributed by atoms with van der Waals surface area (Å²) in [5.41, 5.74) is 0.102. The second-order valence-electron chi connectivity index (χ2n) is 7.99. The van der Waals surface area contributed by atoms with Crippen LogP contribution in [-0.2, 0) is 4.79 Å². The van der Waals surface area contributed by atoms with Gasteiger partial charge in [-0.15, -0.1) is 0 Å². The molecule has 1 saturated heterocycles. The van der Waals surface area contributed by atoms with Gasteiger partial charge in [0.05, 0.1) is 13.7 Å². The van der Waals surface area contributed by atoms with Gasteiger partial charge in [0.1, 0.15) is 5.60 Å². The summed E-state index contributed by atoms with van der Waals surface area (Å²) in [4.78, 5) is 14.3. The summed E-state index contributed by atoms with van der Waals surface area (Å²) in [5, 5.41) is 10.1. The molecule has 0 spiro atoms. The Hall–Kier alpha value is -1.75.